The number of benzene rings is 1. The van der Waals surface area contributed by atoms with Crippen molar-refractivity contribution >= 4 is 34.2 Å². The number of aromatic nitrogens is 1. The monoisotopic (exact) mass is 264 g/mol. The molecule has 0 saturated heterocycles. The quantitative estimate of drug-likeness (QED) is 0.768. The fraction of sp³-hybridized carbons (Fsp3) is 0.0769. The number of hydrogen-bond donors (Lipinski definition) is 0. The third kappa shape index (κ3) is 2.31. The summed E-state index contributed by atoms with van der Waals surface area (Å²) in [5, 5.41) is 0. The molecule has 0 aliphatic heterocycles. The van der Waals surface area contributed by atoms with Gasteiger partial charge in [-0.3, -0.25) is 0 Å². The van der Waals surface area contributed by atoms with Crippen LogP contribution >= 0.6 is 0 Å². The molecule has 0 saturated carbocycles. The Morgan fingerprint density at radius 1 is 1.12 bits per heavy atom. The number of hydrogen-bond acceptors (Lipinski definition) is 2. The molecule has 0 bridgehead atoms. The van der Waals surface area contributed by atoms with Crippen molar-refractivity contribution in [2.45, 2.75) is 0 Å². The average Bonchev–Trinajstić information content (AvgIpc) is 2.29. The van der Waals surface area contributed by atoms with E-state index < -0.39 is 0 Å². The molecule has 0 aliphatic carbocycles. The Labute approximate surface area is 106 Å². The summed E-state index contributed by atoms with van der Waals surface area (Å²) in [5.74, 6) is 0.866. The molecule has 1 heterocycles. The summed E-state index contributed by atoms with van der Waals surface area (Å²) in [7, 11) is 2.00. The van der Waals surface area contributed by atoms with Crippen LogP contribution < -0.4 is 9.02 Å². The van der Waals surface area contributed by atoms with Crippen LogP contribution in [0.4, 0.5) is 11.5 Å². The zero-order chi connectivity index (χ0) is 11.5. The normalized spacial score (nSPS) is 10.1. The number of nitrogens with zero attached hydrogens (tertiary/aromatic N) is 2. The van der Waals surface area contributed by atoms with Crippen LogP contribution in [0.1, 0.15) is 5.69 Å². The Hall–Kier alpha value is -1.19. The summed E-state index contributed by atoms with van der Waals surface area (Å²) in [6, 6.07) is 13.9. The van der Waals surface area contributed by atoms with Crippen molar-refractivity contribution < 1.29 is 0 Å². The van der Waals surface area contributed by atoms with Gasteiger partial charge in [0.1, 0.15) is 0 Å². The number of anilines is 2. The SMILES string of the molecule is [CH]c1cccc(N(C)c2cccc[c]2[Ga])n1. The molecular formula is C13H11GaN2. The molecule has 0 amide bonds. The van der Waals surface area contributed by atoms with Gasteiger partial charge in [-0.1, -0.05) is 0 Å². The molecule has 1 aromatic heterocycles. The zero-order valence-electron chi connectivity index (χ0n) is 9.09. The third-order valence-corrected chi connectivity index (χ3v) is 3.42. The van der Waals surface area contributed by atoms with E-state index in [0.29, 0.717) is 5.69 Å². The fourth-order valence-corrected chi connectivity index (χ4v) is 2.38. The summed E-state index contributed by atoms with van der Waals surface area (Å²) >= 11 is 1.60. The van der Waals surface area contributed by atoms with Crippen molar-refractivity contribution in [3.63, 3.8) is 0 Å². The van der Waals surface area contributed by atoms with Crippen LogP contribution in [-0.2, 0) is 0 Å². The van der Waals surface area contributed by atoms with Crippen molar-refractivity contribution in [1.29, 1.82) is 0 Å². The molecule has 1 aromatic carbocycles. The van der Waals surface area contributed by atoms with Crippen molar-refractivity contribution in [2.75, 3.05) is 11.9 Å². The number of rotatable bonds is 2. The van der Waals surface area contributed by atoms with Crippen molar-refractivity contribution in [2.24, 2.45) is 0 Å². The minimum absolute atomic E-state index is 0.545. The second-order valence-electron chi connectivity index (χ2n) is 3.54. The van der Waals surface area contributed by atoms with Gasteiger partial charge in [0.15, 0.2) is 0 Å². The Morgan fingerprint density at radius 3 is 2.56 bits per heavy atom. The summed E-state index contributed by atoms with van der Waals surface area (Å²) < 4.78 is 1.28. The summed E-state index contributed by atoms with van der Waals surface area (Å²) in [6.07, 6.45) is 0. The van der Waals surface area contributed by atoms with E-state index in [4.69, 9.17) is 6.92 Å². The van der Waals surface area contributed by atoms with E-state index in [2.05, 4.69) is 17.1 Å². The molecule has 0 unspecified atom stereocenters. The molecule has 2 rings (SSSR count). The maximum absolute atomic E-state index is 5.68. The van der Waals surface area contributed by atoms with Gasteiger partial charge in [-0.15, -0.1) is 0 Å². The average molecular weight is 265 g/mol. The van der Waals surface area contributed by atoms with E-state index in [1.165, 1.54) is 9.81 Å². The molecular weight excluding hydrogens is 254 g/mol. The van der Waals surface area contributed by atoms with Crippen molar-refractivity contribution in [3.8, 4) is 0 Å². The molecule has 2 nitrogen and oxygen atoms in total. The van der Waals surface area contributed by atoms with Crippen LogP contribution in [0.2, 0.25) is 0 Å². The Balaban J connectivity index is 2.39. The van der Waals surface area contributed by atoms with E-state index in [9.17, 15) is 0 Å². The van der Waals surface area contributed by atoms with Crippen LogP contribution in [0.15, 0.2) is 42.5 Å². The first-order valence-corrected chi connectivity index (χ1v) is 6.20. The number of pyridine rings is 1. The van der Waals surface area contributed by atoms with Crippen molar-refractivity contribution in [1.82, 2.24) is 4.98 Å². The van der Waals surface area contributed by atoms with E-state index >= 15 is 0 Å². The molecule has 4 radical (unpaired) electrons. The van der Waals surface area contributed by atoms with Gasteiger partial charge in [0.25, 0.3) is 0 Å². The van der Waals surface area contributed by atoms with E-state index in [0.717, 1.165) is 5.82 Å². The molecule has 16 heavy (non-hydrogen) atoms. The second-order valence-corrected chi connectivity index (χ2v) is 4.84. The summed E-state index contributed by atoms with van der Waals surface area (Å²) in [6.45, 7) is 5.68. The van der Waals surface area contributed by atoms with Crippen LogP contribution in [0.5, 0.6) is 0 Å². The first-order chi connectivity index (χ1) is 7.68. The van der Waals surface area contributed by atoms with Crippen LogP contribution in [0.3, 0.4) is 0 Å². The molecule has 0 fully saturated rings. The Kier molecular flexibility index (Phi) is 3.36. The molecule has 0 aliphatic rings. The standard InChI is InChI=1S/C13H11N2.Ga/c1-11-7-6-10-13(14-11)15(2)12-8-4-3-5-9-12;/h1,3-8,10H,2H3;. The van der Waals surface area contributed by atoms with Gasteiger partial charge < -0.3 is 0 Å². The molecule has 0 N–H and O–H groups in total. The predicted molar refractivity (Wildman–Crippen MR) is 67.5 cm³/mol. The van der Waals surface area contributed by atoms with Crippen LogP contribution in [-0.4, -0.2) is 30.6 Å². The van der Waals surface area contributed by atoms with E-state index in [1.54, 1.807) is 24.7 Å². The van der Waals surface area contributed by atoms with Gasteiger partial charge in [-0.25, -0.2) is 0 Å². The fourth-order valence-electron chi connectivity index (χ4n) is 1.54. The first-order valence-electron chi connectivity index (χ1n) is 4.99. The molecule has 0 spiro atoms. The van der Waals surface area contributed by atoms with Gasteiger partial charge in [-0.05, 0) is 0 Å². The molecule has 3 heteroatoms. The zero-order valence-corrected chi connectivity index (χ0v) is 11.5. The van der Waals surface area contributed by atoms with Gasteiger partial charge in [0, 0.05) is 0 Å². The third-order valence-electron chi connectivity index (χ3n) is 2.40. The maximum atomic E-state index is 5.68. The van der Waals surface area contributed by atoms with Crippen LogP contribution in [0.25, 0.3) is 0 Å². The Morgan fingerprint density at radius 2 is 1.88 bits per heavy atom. The van der Waals surface area contributed by atoms with Gasteiger partial charge in [0.2, 0.25) is 0 Å². The van der Waals surface area contributed by atoms with Crippen molar-refractivity contribution in [3.05, 3.63) is 55.1 Å². The minimum atomic E-state index is 0.545. The van der Waals surface area contributed by atoms with Gasteiger partial charge in [0.05, 0.1) is 0 Å². The second kappa shape index (κ2) is 4.76. The van der Waals surface area contributed by atoms with Crippen LogP contribution in [0, 0.1) is 6.92 Å². The topological polar surface area (TPSA) is 16.1 Å². The van der Waals surface area contributed by atoms with Gasteiger partial charge in [-0.2, -0.15) is 0 Å². The molecule has 2 aromatic rings. The summed E-state index contributed by atoms with van der Waals surface area (Å²) in [5.41, 5.74) is 1.71. The van der Waals surface area contributed by atoms with E-state index in [1.807, 2.05) is 36.2 Å². The van der Waals surface area contributed by atoms with Gasteiger partial charge >= 0.3 is 106 Å². The molecule has 0 atom stereocenters. The number of para-hydroxylation sites is 1. The summed E-state index contributed by atoms with van der Waals surface area (Å²) in [4.78, 5) is 6.35. The van der Waals surface area contributed by atoms with E-state index in [-0.39, 0.29) is 0 Å². The Bertz CT molecular complexity index is 497. The molecule has 76 valence electrons. The predicted octanol–water partition coefficient (Wildman–Crippen LogP) is 1.70. The first kappa shape index (κ1) is 11.3.